The predicted molar refractivity (Wildman–Crippen MR) is 133 cm³/mol. The summed E-state index contributed by atoms with van der Waals surface area (Å²) in [6, 6.07) is 10.8. The van der Waals surface area contributed by atoms with Gasteiger partial charge in [0, 0.05) is 6.42 Å². The Bertz CT molecular complexity index is 1440. The Balaban J connectivity index is 1.82. The first kappa shape index (κ1) is 27.1. The third-order valence-corrected chi connectivity index (χ3v) is 8.00. The van der Waals surface area contributed by atoms with Crippen molar-refractivity contribution in [2.24, 2.45) is 4.99 Å². The van der Waals surface area contributed by atoms with E-state index in [0.717, 1.165) is 11.3 Å². The van der Waals surface area contributed by atoms with Crippen molar-refractivity contribution in [3.8, 4) is 5.75 Å². The summed E-state index contributed by atoms with van der Waals surface area (Å²) < 4.78 is 42.1. The van der Waals surface area contributed by atoms with Gasteiger partial charge in [0.1, 0.15) is 12.3 Å². The number of carbonyl (C=O) groups excluding carboxylic acids is 3. The molecule has 0 aliphatic rings. The van der Waals surface area contributed by atoms with E-state index >= 15 is 0 Å². The number of aromatic nitrogens is 1. The Morgan fingerprint density at radius 3 is 2.42 bits per heavy atom. The molecule has 192 valence electrons. The van der Waals surface area contributed by atoms with Gasteiger partial charge < -0.3 is 18.8 Å². The first-order valence-corrected chi connectivity index (χ1v) is 13.5. The van der Waals surface area contributed by atoms with Gasteiger partial charge in [0.2, 0.25) is 5.91 Å². The van der Waals surface area contributed by atoms with Gasteiger partial charge in [0.25, 0.3) is 0 Å². The first-order chi connectivity index (χ1) is 17.2. The fourth-order valence-corrected chi connectivity index (χ4v) is 5.77. The number of thiazole rings is 1. The van der Waals surface area contributed by atoms with Crippen molar-refractivity contribution < 1.29 is 37.0 Å². The molecule has 1 heterocycles. The van der Waals surface area contributed by atoms with Gasteiger partial charge >= 0.3 is 11.9 Å². The number of hydrogen-bond donors (Lipinski definition) is 0. The Morgan fingerprint density at radius 1 is 1.06 bits per heavy atom. The molecule has 36 heavy (non-hydrogen) atoms. The maximum Gasteiger partial charge on any atom is 0.337 e. The van der Waals surface area contributed by atoms with Gasteiger partial charge in [-0.2, -0.15) is 4.99 Å². The Labute approximate surface area is 212 Å². The zero-order valence-corrected chi connectivity index (χ0v) is 21.7. The number of ether oxygens (including phenoxy) is 3. The molecule has 0 bridgehead atoms. The van der Waals surface area contributed by atoms with Crippen LogP contribution in [0.3, 0.4) is 0 Å². The van der Waals surface area contributed by atoms with Crippen LogP contribution in [0.5, 0.6) is 5.75 Å². The average molecular weight is 535 g/mol. The minimum Gasteiger partial charge on any atom is -0.497 e. The van der Waals surface area contributed by atoms with E-state index in [1.54, 1.807) is 37.3 Å². The van der Waals surface area contributed by atoms with Gasteiger partial charge in [-0.1, -0.05) is 11.3 Å². The highest BCUT2D eigenvalue weighted by Gasteiger charge is 2.17. The Kier molecular flexibility index (Phi) is 8.99. The molecule has 3 aromatic rings. The largest absolute Gasteiger partial charge is 0.497 e. The van der Waals surface area contributed by atoms with Crippen LogP contribution < -0.4 is 9.54 Å². The van der Waals surface area contributed by atoms with Crippen LogP contribution in [0.25, 0.3) is 10.2 Å². The van der Waals surface area contributed by atoms with E-state index in [9.17, 15) is 22.8 Å². The summed E-state index contributed by atoms with van der Waals surface area (Å²) in [5.74, 6) is -1.24. The van der Waals surface area contributed by atoms with Gasteiger partial charge in [0.15, 0.2) is 14.6 Å². The summed E-state index contributed by atoms with van der Waals surface area (Å²) in [6.45, 7) is 1.71. The van der Waals surface area contributed by atoms with Crippen LogP contribution in [0.4, 0.5) is 0 Å². The van der Waals surface area contributed by atoms with Crippen LogP contribution in [0, 0.1) is 0 Å². The maximum atomic E-state index is 12.6. The van der Waals surface area contributed by atoms with Crippen molar-refractivity contribution in [1.29, 1.82) is 0 Å². The molecule has 0 unspecified atom stereocenters. The number of nitrogens with zero attached hydrogens (tertiary/aromatic N) is 2. The van der Waals surface area contributed by atoms with E-state index in [4.69, 9.17) is 14.2 Å². The van der Waals surface area contributed by atoms with Crippen LogP contribution in [0.1, 0.15) is 30.1 Å². The summed E-state index contributed by atoms with van der Waals surface area (Å²) in [4.78, 5) is 41.2. The summed E-state index contributed by atoms with van der Waals surface area (Å²) in [5.41, 5.74) is 0.908. The second kappa shape index (κ2) is 12.0. The molecule has 2 aromatic carbocycles. The molecule has 10 nitrogen and oxygen atoms in total. The van der Waals surface area contributed by atoms with Gasteiger partial charge in [0.05, 0.1) is 47.3 Å². The second-order valence-electron chi connectivity index (χ2n) is 7.55. The number of fused-ring (bicyclic) bond motifs is 1. The molecule has 12 heteroatoms. The molecule has 0 radical (unpaired) electrons. The third-order valence-electron chi connectivity index (χ3n) is 5.14. The highest BCUT2D eigenvalue weighted by atomic mass is 32.2. The lowest BCUT2D eigenvalue weighted by Crippen LogP contribution is -2.23. The number of rotatable bonds is 10. The van der Waals surface area contributed by atoms with Crippen LogP contribution >= 0.6 is 11.3 Å². The number of esters is 2. The summed E-state index contributed by atoms with van der Waals surface area (Å²) in [6.07, 6.45) is -0.0254. The molecule has 0 spiro atoms. The fourth-order valence-electron chi connectivity index (χ4n) is 3.37. The lowest BCUT2D eigenvalue weighted by molar-refractivity contribution is -0.143. The highest BCUT2D eigenvalue weighted by Crippen LogP contribution is 2.21. The molecule has 1 amide bonds. The molecule has 0 N–H and O–H groups in total. The van der Waals surface area contributed by atoms with E-state index in [1.807, 2.05) is 0 Å². The lowest BCUT2D eigenvalue weighted by atomic mass is 10.2. The van der Waals surface area contributed by atoms with Crippen molar-refractivity contribution >= 4 is 49.2 Å². The number of methoxy groups -OCH3 is 2. The molecule has 0 aliphatic carbocycles. The lowest BCUT2D eigenvalue weighted by Gasteiger charge is -2.06. The van der Waals surface area contributed by atoms with Crippen molar-refractivity contribution in [3.63, 3.8) is 0 Å². The number of benzene rings is 2. The molecule has 0 fully saturated rings. The van der Waals surface area contributed by atoms with Crippen LogP contribution in [0.15, 0.2) is 52.4 Å². The van der Waals surface area contributed by atoms with Crippen molar-refractivity contribution in [1.82, 2.24) is 4.57 Å². The number of sulfone groups is 1. The standard InChI is InChI=1S/C24H26N2O8S2/c1-4-34-22(28)15-26-19-12-7-16(23(29)33-3)14-20(19)35-24(26)25-21(27)6-5-13-36(30,31)18-10-8-17(32-2)9-11-18/h7-12,14H,4-6,13,15H2,1-3H3. The first-order valence-electron chi connectivity index (χ1n) is 11.0. The van der Waals surface area contributed by atoms with E-state index in [0.29, 0.717) is 21.5 Å². The van der Waals surface area contributed by atoms with E-state index in [1.165, 1.54) is 30.9 Å². The molecule has 1 aromatic heterocycles. The van der Waals surface area contributed by atoms with E-state index in [2.05, 4.69) is 4.99 Å². The van der Waals surface area contributed by atoms with Crippen molar-refractivity contribution in [2.75, 3.05) is 26.6 Å². The number of amides is 1. The molecule has 0 atom stereocenters. The summed E-state index contributed by atoms with van der Waals surface area (Å²) in [7, 11) is -0.813. The number of hydrogen-bond acceptors (Lipinski definition) is 9. The smallest absolute Gasteiger partial charge is 0.337 e. The zero-order chi connectivity index (χ0) is 26.3. The minimum absolute atomic E-state index is 0.0754. The zero-order valence-electron chi connectivity index (χ0n) is 20.1. The SMILES string of the molecule is CCOC(=O)Cn1c(=NC(=O)CCCS(=O)(=O)c2ccc(OC)cc2)sc2cc(C(=O)OC)ccc21. The minimum atomic E-state index is -3.58. The molecule has 0 saturated carbocycles. The monoisotopic (exact) mass is 534 g/mol. The molecule has 0 saturated heterocycles. The molecular weight excluding hydrogens is 508 g/mol. The van der Waals surface area contributed by atoms with Crippen molar-refractivity contribution in [2.45, 2.75) is 31.2 Å². The summed E-state index contributed by atoms with van der Waals surface area (Å²) in [5, 5.41) is 0. The second-order valence-corrected chi connectivity index (χ2v) is 10.7. The van der Waals surface area contributed by atoms with Gasteiger partial charge in [-0.05, 0) is 55.8 Å². The van der Waals surface area contributed by atoms with Gasteiger partial charge in [-0.3, -0.25) is 9.59 Å². The average Bonchev–Trinajstić information content (AvgIpc) is 3.19. The Morgan fingerprint density at radius 2 is 1.78 bits per heavy atom. The van der Waals surface area contributed by atoms with Crippen molar-refractivity contribution in [3.05, 3.63) is 52.8 Å². The van der Waals surface area contributed by atoms with E-state index in [-0.39, 0.29) is 41.4 Å². The molecule has 3 rings (SSSR count). The molecular formula is C24H26N2O8S2. The summed E-state index contributed by atoms with van der Waals surface area (Å²) >= 11 is 1.12. The molecule has 0 aliphatic heterocycles. The normalized spacial score (nSPS) is 11.9. The number of carbonyl (C=O) groups is 3. The van der Waals surface area contributed by atoms with Gasteiger partial charge in [-0.15, -0.1) is 0 Å². The fraction of sp³-hybridized carbons (Fsp3) is 0.333. The highest BCUT2D eigenvalue weighted by molar-refractivity contribution is 7.91. The Hall–Kier alpha value is -3.51. The van der Waals surface area contributed by atoms with E-state index < -0.39 is 27.7 Å². The third kappa shape index (κ3) is 6.58. The quantitative estimate of drug-likeness (QED) is 0.363. The maximum absolute atomic E-state index is 12.6. The predicted octanol–water partition coefficient (Wildman–Crippen LogP) is 2.74. The van der Waals surface area contributed by atoms with Crippen LogP contribution in [-0.2, 0) is 35.4 Å². The van der Waals surface area contributed by atoms with Crippen LogP contribution in [0.2, 0.25) is 0 Å². The van der Waals surface area contributed by atoms with Gasteiger partial charge in [-0.25, -0.2) is 13.2 Å². The van der Waals surface area contributed by atoms with Crippen LogP contribution in [-0.4, -0.2) is 57.4 Å². The topological polar surface area (TPSA) is 130 Å².